The molecule has 24 heavy (non-hydrogen) atoms. The van der Waals surface area contributed by atoms with Crippen LogP contribution in [-0.4, -0.2) is 33.8 Å². The Hall–Kier alpha value is -1.58. The van der Waals surface area contributed by atoms with Crippen molar-refractivity contribution in [1.29, 1.82) is 0 Å². The standard InChI is InChI=1S/C20H34N2O2/c1-8-12-17(23)21-16-14-19(6,10-3)22(18(24)13-9-2)20(7,11-4)15(16)5/h8-9,12-13,15-16H,10-11,14H2,1-7H3,(H,21,23)/b12-8+,13-9+. The Morgan fingerprint density at radius 1 is 1.12 bits per heavy atom. The van der Waals surface area contributed by atoms with Gasteiger partial charge in [0.05, 0.1) is 0 Å². The van der Waals surface area contributed by atoms with Crippen LogP contribution in [0.1, 0.15) is 67.7 Å². The first-order chi connectivity index (χ1) is 11.2. The minimum Gasteiger partial charge on any atom is -0.349 e. The van der Waals surface area contributed by atoms with E-state index in [4.69, 9.17) is 0 Å². The molecule has 0 aromatic rings. The summed E-state index contributed by atoms with van der Waals surface area (Å²) in [5, 5.41) is 3.16. The van der Waals surface area contributed by atoms with E-state index in [9.17, 15) is 9.59 Å². The van der Waals surface area contributed by atoms with Crippen molar-refractivity contribution in [2.24, 2.45) is 5.92 Å². The molecule has 1 rings (SSSR count). The summed E-state index contributed by atoms with van der Waals surface area (Å²) in [5.74, 6) is 0.182. The zero-order valence-corrected chi connectivity index (χ0v) is 16.3. The molecule has 0 aromatic heterocycles. The highest BCUT2D eigenvalue weighted by atomic mass is 16.2. The molecule has 4 unspecified atom stereocenters. The molecule has 0 spiro atoms. The molecule has 0 saturated carbocycles. The van der Waals surface area contributed by atoms with Gasteiger partial charge in [-0.2, -0.15) is 0 Å². The largest absolute Gasteiger partial charge is 0.349 e. The van der Waals surface area contributed by atoms with Crippen LogP contribution in [0.25, 0.3) is 0 Å². The topological polar surface area (TPSA) is 49.4 Å². The summed E-state index contributed by atoms with van der Waals surface area (Å²) in [6, 6.07) is 0.0539. The van der Waals surface area contributed by atoms with Crippen molar-refractivity contribution in [1.82, 2.24) is 10.2 Å². The van der Waals surface area contributed by atoms with E-state index in [2.05, 4.69) is 44.8 Å². The number of nitrogens with zero attached hydrogens (tertiary/aromatic N) is 1. The second-order valence-electron chi connectivity index (χ2n) is 7.34. The molecular weight excluding hydrogens is 300 g/mol. The quantitative estimate of drug-likeness (QED) is 0.777. The molecule has 0 aliphatic carbocycles. The van der Waals surface area contributed by atoms with Crippen LogP contribution in [-0.2, 0) is 9.59 Å². The van der Waals surface area contributed by atoms with E-state index in [1.165, 1.54) is 0 Å². The van der Waals surface area contributed by atoms with Crippen LogP contribution in [0, 0.1) is 5.92 Å². The third-order valence-electron chi connectivity index (χ3n) is 5.95. The molecule has 1 N–H and O–H groups in total. The van der Waals surface area contributed by atoms with E-state index in [0.29, 0.717) is 0 Å². The van der Waals surface area contributed by atoms with Gasteiger partial charge in [-0.25, -0.2) is 0 Å². The molecule has 1 aliphatic rings. The molecule has 0 radical (unpaired) electrons. The predicted octanol–water partition coefficient (Wildman–Crippen LogP) is 3.83. The number of nitrogens with one attached hydrogen (secondary N) is 1. The van der Waals surface area contributed by atoms with E-state index in [0.717, 1.165) is 19.3 Å². The molecule has 1 saturated heterocycles. The summed E-state index contributed by atoms with van der Waals surface area (Å²) in [6.45, 7) is 14.4. The molecule has 0 aromatic carbocycles. The second kappa shape index (κ2) is 8.00. The molecular formula is C20H34N2O2. The summed E-state index contributed by atoms with van der Waals surface area (Å²) in [6.07, 6.45) is 9.26. The smallest absolute Gasteiger partial charge is 0.247 e. The van der Waals surface area contributed by atoms with Crippen LogP contribution in [0.2, 0.25) is 0 Å². The third-order valence-corrected chi connectivity index (χ3v) is 5.95. The Balaban J connectivity index is 3.30. The number of amides is 2. The molecule has 4 nitrogen and oxygen atoms in total. The lowest BCUT2D eigenvalue weighted by atomic mass is 9.66. The Bertz CT molecular complexity index is 526. The third kappa shape index (κ3) is 3.73. The average Bonchev–Trinajstić information content (AvgIpc) is 2.53. The van der Waals surface area contributed by atoms with Gasteiger partial charge in [0, 0.05) is 17.1 Å². The Kier molecular flexibility index (Phi) is 6.82. The van der Waals surface area contributed by atoms with Gasteiger partial charge in [-0.3, -0.25) is 9.59 Å². The predicted molar refractivity (Wildman–Crippen MR) is 99.6 cm³/mol. The fraction of sp³-hybridized carbons (Fsp3) is 0.700. The van der Waals surface area contributed by atoms with Crippen LogP contribution in [0.15, 0.2) is 24.3 Å². The maximum absolute atomic E-state index is 12.9. The van der Waals surface area contributed by atoms with Gasteiger partial charge < -0.3 is 10.2 Å². The van der Waals surface area contributed by atoms with Gasteiger partial charge in [0.1, 0.15) is 0 Å². The molecule has 4 heteroatoms. The lowest BCUT2D eigenvalue weighted by molar-refractivity contribution is -0.155. The van der Waals surface area contributed by atoms with Crippen molar-refractivity contribution >= 4 is 11.8 Å². The Labute approximate surface area is 147 Å². The van der Waals surface area contributed by atoms with Crippen molar-refractivity contribution in [2.75, 3.05) is 0 Å². The van der Waals surface area contributed by atoms with Gasteiger partial charge in [-0.1, -0.05) is 32.9 Å². The van der Waals surface area contributed by atoms with Crippen molar-refractivity contribution < 1.29 is 9.59 Å². The minimum atomic E-state index is -0.298. The number of hydrogen-bond donors (Lipinski definition) is 1. The number of piperidine rings is 1. The average molecular weight is 335 g/mol. The molecule has 4 atom stereocenters. The van der Waals surface area contributed by atoms with Crippen LogP contribution >= 0.6 is 0 Å². The van der Waals surface area contributed by atoms with Gasteiger partial charge in [0.15, 0.2) is 0 Å². The van der Waals surface area contributed by atoms with Crippen molar-refractivity contribution in [2.45, 2.75) is 84.8 Å². The van der Waals surface area contributed by atoms with Crippen molar-refractivity contribution in [3.05, 3.63) is 24.3 Å². The second-order valence-corrected chi connectivity index (χ2v) is 7.34. The van der Waals surface area contributed by atoms with Crippen molar-refractivity contribution in [3.8, 4) is 0 Å². The minimum absolute atomic E-state index is 0.0539. The number of likely N-dealkylation sites (tertiary alicyclic amines) is 1. The molecule has 2 amide bonds. The van der Waals surface area contributed by atoms with E-state index < -0.39 is 0 Å². The fourth-order valence-corrected chi connectivity index (χ4v) is 4.07. The highest BCUT2D eigenvalue weighted by molar-refractivity contribution is 5.89. The normalized spacial score (nSPS) is 34.0. The van der Waals surface area contributed by atoms with Gasteiger partial charge in [0.25, 0.3) is 0 Å². The molecule has 1 fully saturated rings. The van der Waals surface area contributed by atoms with Crippen LogP contribution in [0.4, 0.5) is 0 Å². The van der Waals surface area contributed by atoms with Crippen LogP contribution < -0.4 is 5.32 Å². The summed E-state index contributed by atoms with van der Waals surface area (Å²) in [5.41, 5.74) is -0.574. The van der Waals surface area contributed by atoms with Gasteiger partial charge in [-0.05, 0) is 65.0 Å². The van der Waals surface area contributed by atoms with E-state index in [1.807, 2.05) is 13.8 Å². The molecule has 1 heterocycles. The van der Waals surface area contributed by atoms with Crippen LogP contribution in [0.5, 0.6) is 0 Å². The molecule has 136 valence electrons. The highest BCUT2D eigenvalue weighted by Crippen LogP contribution is 2.45. The lowest BCUT2D eigenvalue weighted by Crippen LogP contribution is -2.71. The maximum atomic E-state index is 12.9. The van der Waals surface area contributed by atoms with E-state index in [-0.39, 0.29) is 34.9 Å². The van der Waals surface area contributed by atoms with Crippen LogP contribution in [0.3, 0.4) is 0 Å². The zero-order valence-electron chi connectivity index (χ0n) is 16.3. The lowest BCUT2D eigenvalue weighted by Gasteiger charge is -2.60. The summed E-state index contributed by atoms with van der Waals surface area (Å²) in [4.78, 5) is 27.0. The monoisotopic (exact) mass is 334 g/mol. The first kappa shape index (κ1) is 20.5. The first-order valence-electron chi connectivity index (χ1n) is 9.10. The first-order valence-corrected chi connectivity index (χ1v) is 9.10. The van der Waals surface area contributed by atoms with E-state index >= 15 is 0 Å². The van der Waals surface area contributed by atoms with Gasteiger partial charge in [0.2, 0.25) is 11.8 Å². The van der Waals surface area contributed by atoms with Gasteiger partial charge >= 0.3 is 0 Å². The Morgan fingerprint density at radius 2 is 1.71 bits per heavy atom. The molecule has 1 aliphatic heterocycles. The number of hydrogen-bond acceptors (Lipinski definition) is 2. The zero-order chi connectivity index (χ0) is 18.5. The number of allylic oxidation sites excluding steroid dienone is 2. The molecule has 0 bridgehead atoms. The number of carbonyl (C=O) groups is 2. The maximum Gasteiger partial charge on any atom is 0.247 e. The van der Waals surface area contributed by atoms with E-state index in [1.54, 1.807) is 24.3 Å². The summed E-state index contributed by atoms with van der Waals surface area (Å²) in [7, 11) is 0. The SMILES string of the molecule is C/C=C/C(=O)NC1CC(C)(CC)N(C(=O)/C=C/C)C(C)(CC)C1C. The van der Waals surface area contributed by atoms with Gasteiger partial charge in [-0.15, -0.1) is 0 Å². The highest BCUT2D eigenvalue weighted by Gasteiger charge is 2.54. The fourth-order valence-electron chi connectivity index (χ4n) is 4.07. The van der Waals surface area contributed by atoms with Crippen molar-refractivity contribution in [3.63, 3.8) is 0 Å². The Morgan fingerprint density at radius 3 is 2.17 bits per heavy atom. The summed E-state index contributed by atoms with van der Waals surface area (Å²) < 4.78 is 0. The number of carbonyl (C=O) groups excluding carboxylic acids is 2. The number of rotatable bonds is 5. The summed E-state index contributed by atoms with van der Waals surface area (Å²) >= 11 is 0.